The van der Waals surface area contributed by atoms with Gasteiger partial charge < -0.3 is 5.11 Å². The molecule has 0 saturated heterocycles. The quantitative estimate of drug-likeness (QED) is 0.912. The fraction of sp³-hybridized carbons (Fsp3) is 0.583. The van der Waals surface area contributed by atoms with E-state index < -0.39 is 0 Å². The van der Waals surface area contributed by atoms with E-state index in [0.29, 0.717) is 5.92 Å². The largest absolute Gasteiger partial charge is 0.388 e. The van der Waals surface area contributed by atoms with Gasteiger partial charge in [0.25, 0.3) is 0 Å². The van der Waals surface area contributed by atoms with Gasteiger partial charge in [-0.1, -0.05) is 25.7 Å². The van der Waals surface area contributed by atoms with Gasteiger partial charge in [0.05, 0.1) is 6.10 Å². The summed E-state index contributed by atoms with van der Waals surface area (Å²) in [6.07, 6.45) is 9.24. The zero-order valence-corrected chi connectivity index (χ0v) is 10.3. The van der Waals surface area contributed by atoms with Gasteiger partial charge in [0.15, 0.2) is 0 Å². The van der Waals surface area contributed by atoms with Crippen molar-refractivity contribution in [1.82, 2.24) is 4.98 Å². The van der Waals surface area contributed by atoms with E-state index in [-0.39, 0.29) is 6.10 Å². The second kappa shape index (κ2) is 5.08. The van der Waals surface area contributed by atoms with E-state index in [4.69, 9.17) is 0 Å². The minimum absolute atomic E-state index is 0.349. The first-order valence-electron chi connectivity index (χ1n) is 5.54. The van der Waals surface area contributed by atoms with Crippen molar-refractivity contribution in [2.75, 3.05) is 0 Å². The SMILES string of the molecule is OC(CC1CCCC1)c1cncc(Br)c1. The lowest BCUT2D eigenvalue weighted by Crippen LogP contribution is -2.04. The van der Waals surface area contributed by atoms with Crippen LogP contribution in [0.25, 0.3) is 0 Å². The van der Waals surface area contributed by atoms with Gasteiger partial charge in [0.1, 0.15) is 0 Å². The molecule has 2 nitrogen and oxygen atoms in total. The van der Waals surface area contributed by atoms with Crippen molar-refractivity contribution in [2.45, 2.75) is 38.2 Å². The Balaban J connectivity index is 1.97. The van der Waals surface area contributed by atoms with Crippen LogP contribution >= 0.6 is 15.9 Å². The minimum Gasteiger partial charge on any atom is -0.388 e. The molecule has 1 aromatic heterocycles. The number of hydrogen-bond acceptors (Lipinski definition) is 2. The maximum absolute atomic E-state index is 10.0. The van der Waals surface area contributed by atoms with Crippen LogP contribution in [0.4, 0.5) is 0 Å². The third-order valence-corrected chi connectivity index (χ3v) is 3.58. The van der Waals surface area contributed by atoms with Crippen LogP contribution in [-0.4, -0.2) is 10.1 Å². The van der Waals surface area contributed by atoms with Gasteiger partial charge >= 0.3 is 0 Å². The van der Waals surface area contributed by atoms with Crippen molar-refractivity contribution >= 4 is 15.9 Å². The molecule has 1 aliphatic carbocycles. The molecule has 1 atom stereocenters. The summed E-state index contributed by atoms with van der Waals surface area (Å²) in [5.41, 5.74) is 0.927. The highest BCUT2D eigenvalue weighted by Crippen LogP contribution is 2.33. The summed E-state index contributed by atoms with van der Waals surface area (Å²) < 4.78 is 0.936. The normalized spacial score (nSPS) is 19.3. The van der Waals surface area contributed by atoms with Crippen LogP contribution in [0.2, 0.25) is 0 Å². The van der Waals surface area contributed by atoms with E-state index in [0.717, 1.165) is 16.5 Å². The van der Waals surface area contributed by atoms with Gasteiger partial charge in [-0.05, 0) is 39.9 Å². The summed E-state index contributed by atoms with van der Waals surface area (Å²) in [6.45, 7) is 0. The maximum atomic E-state index is 10.0. The fourth-order valence-electron chi connectivity index (χ4n) is 2.31. The Labute approximate surface area is 98.9 Å². The molecular formula is C12H16BrNO. The topological polar surface area (TPSA) is 33.1 Å². The molecule has 15 heavy (non-hydrogen) atoms. The molecule has 1 fully saturated rings. The fourth-order valence-corrected chi connectivity index (χ4v) is 2.69. The lowest BCUT2D eigenvalue weighted by Gasteiger charge is -2.15. The van der Waals surface area contributed by atoms with Crippen LogP contribution in [0.1, 0.15) is 43.8 Å². The monoisotopic (exact) mass is 269 g/mol. The van der Waals surface area contributed by atoms with Crippen LogP contribution in [0.3, 0.4) is 0 Å². The predicted octanol–water partition coefficient (Wildman–Crippen LogP) is 3.46. The molecule has 0 aliphatic heterocycles. The van der Waals surface area contributed by atoms with Gasteiger partial charge in [-0.15, -0.1) is 0 Å². The molecule has 3 heteroatoms. The minimum atomic E-state index is -0.349. The summed E-state index contributed by atoms with van der Waals surface area (Å²) in [5, 5.41) is 10.0. The lowest BCUT2D eigenvalue weighted by atomic mass is 9.97. The molecule has 1 aliphatic rings. The van der Waals surface area contributed by atoms with Crippen LogP contribution in [-0.2, 0) is 0 Å². The van der Waals surface area contributed by atoms with E-state index >= 15 is 0 Å². The van der Waals surface area contributed by atoms with E-state index in [1.54, 1.807) is 12.4 Å². The summed E-state index contributed by atoms with van der Waals surface area (Å²) >= 11 is 3.37. The average Bonchev–Trinajstić information content (AvgIpc) is 2.70. The number of halogens is 1. The zero-order chi connectivity index (χ0) is 10.7. The molecule has 82 valence electrons. The Morgan fingerprint density at radius 3 is 2.80 bits per heavy atom. The standard InChI is InChI=1S/C12H16BrNO/c13-11-6-10(7-14-8-11)12(15)5-9-3-1-2-4-9/h6-9,12,15H,1-5H2. The van der Waals surface area contributed by atoms with Gasteiger partial charge in [-0.3, -0.25) is 4.98 Å². The lowest BCUT2D eigenvalue weighted by molar-refractivity contribution is 0.144. The number of aliphatic hydroxyl groups is 1. The molecule has 0 bridgehead atoms. The molecule has 2 rings (SSSR count). The first-order chi connectivity index (χ1) is 7.25. The van der Waals surface area contributed by atoms with Gasteiger partial charge in [0, 0.05) is 16.9 Å². The third kappa shape index (κ3) is 3.02. The smallest absolute Gasteiger partial charge is 0.0808 e. The Morgan fingerprint density at radius 1 is 1.40 bits per heavy atom. The predicted molar refractivity (Wildman–Crippen MR) is 63.5 cm³/mol. The highest BCUT2D eigenvalue weighted by molar-refractivity contribution is 9.10. The molecule has 1 aromatic rings. The molecule has 1 saturated carbocycles. The molecule has 1 heterocycles. The van der Waals surface area contributed by atoms with Crippen LogP contribution < -0.4 is 0 Å². The average molecular weight is 270 g/mol. The summed E-state index contributed by atoms with van der Waals surface area (Å²) in [4.78, 5) is 4.07. The number of pyridine rings is 1. The Bertz CT molecular complexity index is 323. The summed E-state index contributed by atoms with van der Waals surface area (Å²) in [7, 11) is 0. The number of hydrogen-bond donors (Lipinski definition) is 1. The third-order valence-electron chi connectivity index (χ3n) is 3.14. The van der Waals surface area contributed by atoms with Crippen molar-refractivity contribution < 1.29 is 5.11 Å². The van der Waals surface area contributed by atoms with Crippen molar-refractivity contribution in [2.24, 2.45) is 5.92 Å². The Morgan fingerprint density at radius 2 is 2.13 bits per heavy atom. The van der Waals surface area contributed by atoms with Crippen molar-refractivity contribution in [3.8, 4) is 0 Å². The number of aliphatic hydroxyl groups excluding tert-OH is 1. The molecule has 1 unspecified atom stereocenters. The molecule has 0 amide bonds. The number of nitrogens with zero attached hydrogens (tertiary/aromatic N) is 1. The van der Waals surface area contributed by atoms with Crippen LogP contribution in [0, 0.1) is 5.92 Å². The van der Waals surface area contributed by atoms with Crippen LogP contribution in [0.15, 0.2) is 22.9 Å². The first kappa shape index (κ1) is 11.1. The van der Waals surface area contributed by atoms with E-state index in [1.165, 1.54) is 25.7 Å². The van der Waals surface area contributed by atoms with E-state index in [1.807, 2.05) is 6.07 Å². The highest BCUT2D eigenvalue weighted by atomic mass is 79.9. The van der Waals surface area contributed by atoms with Crippen molar-refractivity contribution in [3.05, 3.63) is 28.5 Å². The second-order valence-corrected chi connectivity index (χ2v) is 5.25. The Hall–Kier alpha value is -0.410. The maximum Gasteiger partial charge on any atom is 0.0808 e. The summed E-state index contributed by atoms with van der Waals surface area (Å²) in [5.74, 6) is 0.707. The second-order valence-electron chi connectivity index (χ2n) is 4.34. The zero-order valence-electron chi connectivity index (χ0n) is 8.69. The molecule has 1 N–H and O–H groups in total. The van der Waals surface area contributed by atoms with Gasteiger partial charge in [0.2, 0.25) is 0 Å². The van der Waals surface area contributed by atoms with Crippen LogP contribution in [0.5, 0.6) is 0 Å². The first-order valence-corrected chi connectivity index (χ1v) is 6.33. The Kier molecular flexibility index (Phi) is 3.76. The van der Waals surface area contributed by atoms with E-state index in [2.05, 4.69) is 20.9 Å². The van der Waals surface area contributed by atoms with E-state index in [9.17, 15) is 5.11 Å². The molecular weight excluding hydrogens is 254 g/mol. The molecule has 0 radical (unpaired) electrons. The number of rotatable bonds is 3. The van der Waals surface area contributed by atoms with Gasteiger partial charge in [-0.2, -0.15) is 0 Å². The number of aromatic nitrogens is 1. The molecule has 0 aromatic carbocycles. The van der Waals surface area contributed by atoms with Crippen molar-refractivity contribution in [3.63, 3.8) is 0 Å². The highest BCUT2D eigenvalue weighted by Gasteiger charge is 2.19. The van der Waals surface area contributed by atoms with Crippen molar-refractivity contribution in [1.29, 1.82) is 0 Å². The van der Waals surface area contributed by atoms with Gasteiger partial charge in [-0.25, -0.2) is 0 Å². The molecule has 0 spiro atoms. The summed E-state index contributed by atoms with van der Waals surface area (Å²) in [6, 6.07) is 1.95.